The number of aromatic nitrogens is 1. The summed E-state index contributed by atoms with van der Waals surface area (Å²) in [4.78, 5) is 26.6. The number of rotatable bonds is 7. The van der Waals surface area contributed by atoms with E-state index in [-0.39, 0.29) is 24.4 Å². The molecule has 2 amide bonds. The lowest BCUT2D eigenvalue weighted by molar-refractivity contribution is -0.137. The molecule has 0 saturated heterocycles. The second-order valence-electron chi connectivity index (χ2n) is 5.08. The van der Waals surface area contributed by atoms with Crippen molar-refractivity contribution in [2.45, 2.75) is 31.8 Å². The molecule has 1 aromatic heterocycles. The van der Waals surface area contributed by atoms with Crippen LogP contribution < -0.4 is 15.4 Å². The molecule has 2 rings (SSSR count). The van der Waals surface area contributed by atoms with E-state index in [1.54, 1.807) is 18.3 Å². The van der Waals surface area contributed by atoms with E-state index in [0.717, 1.165) is 18.4 Å². The zero-order valence-electron chi connectivity index (χ0n) is 11.8. The van der Waals surface area contributed by atoms with Crippen LogP contribution in [0.2, 0.25) is 0 Å². The Bertz CT molecular complexity index is 517. The van der Waals surface area contributed by atoms with E-state index < -0.39 is 5.97 Å². The number of amides is 2. The van der Waals surface area contributed by atoms with Crippen molar-refractivity contribution < 1.29 is 19.4 Å². The predicted molar refractivity (Wildman–Crippen MR) is 74.9 cm³/mol. The molecule has 1 aromatic rings. The van der Waals surface area contributed by atoms with Crippen LogP contribution in [0.3, 0.4) is 0 Å². The van der Waals surface area contributed by atoms with Crippen LogP contribution in [0.5, 0.6) is 5.88 Å². The first kappa shape index (κ1) is 15.1. The summed E-state index contributed by atoms with van der Waals surface area (Å²) in [6.45, 7) is 0.329. The first-order valence-corrected chi connectivity index (χ1v) is 6.83. The first-order chi connectivity index (χ1) is 10.1. The summed E-state index contributed by atoms with van der Waals surface area (Å²) < 4.78 is 5.00. The molecule has 0 bridgehead atoms. The van der Waals surface area contributed by atoms with Crippen LogP contribution in [-0.4, -0.2) is 35.2 Å². The number of hydrogen-bond donors (Lipinski definition) is 3. The number of urea groups is 1. The summed E-state index contributed by atoms with van der Waals surface area (Å²) in [7, 11) is 1.53. The van der Waals surface area contributed by atoms with Crippen LogP contribution >= 0.6 is 0 Å². The molecule has 3 N–H and O–H groups in total. The Morgan fingerprint density at radius 1 is 1.52 bits per heavy atom. The minimum atomic E-state index is -0.897. The molecule has 1 unspecified atom stereocenters. The highest BCUT2D eigenvalue weighted by Gasteiger charge is 2.33. The maximum absolute atomic E-state index is 11.8. The Kier molecular flexibility index (Phi) is 4.97. The third kappa shape index (κ3) is 4.94. The molecular formula is C14H19N3O4. The zero-order chi connectivity index (χ0) is 15.2. The minimum absolute atomic E-state index is 0.0405. The van der Waals surface area contributed by atoms with Crippen LogP contribution in [0.15, 0.2) is 18.3 Å². The number of aliphatic carboxylic acids is 1. The summed E-state index contributed by atoms with van der Waals surface area (Å²) in [6.07, 6.45) is 3.51. The summed E-state index contributed by atoms with van der Waals surface area (Å²) in [5.74, 6) is -0.129. The average molecular weight is 293 g/mol. The maximum Gasteiger partial charge on any atom is 0.315 e. The number of methoxy groups -OCH3 is 1. The smallest absolute Gasteiger partial charge is 0.315 e. The normalized spacial score (nSPS) is 15.1. The number of ether oxygens (including phenoxy) is 1. The number of carboxylic acids is 1. The highest BCUT2D eigenvalue weighted by Crippen LogP contribution is 2.33. The predicted octanol–water partition coefficient (Wildman–Crippen LogP) is 1.14. The van der Waals surface area contributed by atoms with Crippen molar-refractivity contribution in [1.82, 2.24) is 15.6 Å². The van der Waals surface area contributed by atoms with E-state index in [0.29, 0.717) is 12.4 Å². The number of nitrogens with zero attached hydrogens (tertiary/aromatic N) is 1. The first-order valence-electron chi connectivity index (χ1n) is 6.83. The molecule has 1 saturated carbocycles. The third-order valence-corrected chi connectivity index (χ3v) is 3.36. The number of carbonyl (C=O) groups excluding carboxylic acids is 1. The Balaban J connectivity index is 1.81. The Labute approximate surface area is 122 Å². The molecule has 7 heteroatoms. The highest BCUT2D eigenvalue weighted by molar-refractivity contribution is 5.75. The lowest BCUT2D eigenvalue weighted by Crippen LogP contribution is -2.43. The van der Waals surface area contributed by atoms with Crippen LogP contribution in [0.25, 0.3) is 0 Å². The molecule has 1 atom stereocenters. The van der Waals surface area contributed by atoms with E-state index >= 15 is 0 Å². The second-order valence-corrected chi connectivity index (χ2v) is 5.08. The average Bonchev–Trinajstić information content (AvgIpc) is 3.29. The second kappa shape index (κ2) is 6.92. The van der Waals surface area contributed by atoms with Crippen molar-refractivity contribution in [2.24, 2.45) is 5.92 Å². The quantitative estimate of drug-likeness (QED) is 0.700. The lowest BCUT2D eigenvalue weighted by Gasteiger charge is -2.16. The Hall–Kier alpha value is -2.31. The van der Waals surface area contributed by atoms with E-state index in [4.69, 9.17) is 9.84 Å². The molecule has 1 heterocycles. The van der Waals surface area contributed by atoms with Crippen molar-refractivity contribution in [3.05, 3.63) is 23.9 Å². The molecule has 1 fully saturated rings. The molecule has 0 radical (unpaired) electrons. The molecule has 1 aliphatic rings. The summed E-state index contributed by atoms with van der Waals surface area (Å²) in [5.41, 5.74) is 0.859. The summed E-state index contributed by atoms with van der Waals surface area (Å²) in [6, 6.07) is 2.85. The van der Waals surface area contributed by atoms with Gasteiger partial charge in [0.25, 0.3) is 0 Å². The third-order valence-electron chi connectivity index (χ3n) is 3.36. The standard InChI is InChI=1S/C14H19N3O4/c1-21-12-6-9(4-5-15-12)8-16-14(20)17-11(7-13(18)19)10-2-3-10/h4-6,10-11H,2-3,7-8H2,1H3,(H,18,19)(H2,16,17,20). The van der Waals surface area contributed by atoms with Crippen LogP contribution in [0.1, 0.15) is 24.8 Å². The fourth-order valence-electron chi connectivity index (χ4n) is 2.10. The van der Waals surface area contributed by atoms with Gasteiger partial charge in [-0.3, -0.25) is 4.79 Å². The topological polar surface area (TPSA) is 101 Å². The Morgan fingerprint density at radius 2 is 2.29 bits per heavy atom. The van der Waals surface area contributed by atoms with Crippen molar-refractivity contribution in [1.29, 1.82) is 0 Å². The van der Waals surface area contributed by atoms with Gasteiger partial charge in [0.2, 0.25) is 5.88 Å². The molecule has 21 heavy (non-hydrogen) atoms. The van der Waals surface area contributed by atoms with Gasteiger partial charge >= 0.3 is 12.0 Å². The van der Waals surface area contributed by atoms with Gasteiger partial charge in [-0.15, -0.1) is 0 Å². The van der Waals surface area contributed by atoms with Gasteiger partial charge in [-0.05, 0) is 30.4 Å². The van der Waals surface area contributed by atoms with Gasteiger partial charge in [-0.25, -0.2) is 9.78 Å². The van der Waals surface area contributed by atoms with Gasteiger partial charge in [-0.1, -0.05) is 0 Å². The lowest BCUT2D eigenvalue weighted by atomic mass is 10.1. The molecule has 1 aliphatic carbocycles. The monoisotopic (exact) mass is 293 g/mol. The fourth-order valence-corrected chi connectivity index (χ4v) is 2.10. The van der Waals surface area contributed by atoms with Crippen molar-refractivity contribution in [3.8, 4) is 5.88 Å². The van der Waals surface area contributed by atoms with Gasteiger partial charge in [0.15, 0.2) is 0 Å². The van der Waals surface area contributed by atoms with Gasteiger partial charge < -0.3 is 20.5 Å². The van der Waals surface area contributed by atoms with Crippen LogP contribution in [-0.2, 0) is 11.3 Å². The maximum atomic E-state index is 11.8. The van der Waals surface area contributed by atoms with E-state index in [1.807, 2.05) is 0 Å². The number of hydrogen-bond acceptors (Lipinski definition) is 4. The van der Waals surface area contributed by atoms with Gasteiger partial charge in [0.1, 0.15) is 0 Å². The zero-order valence-corrected chi connectivity index (χ0v) is 11.8. The highest BCUT2D eigenvalue weighted by atomic mass is 16.5. The van der Waals surface area contributed by atoms with E-state index in [1.165, 1.54) is 7.11 Å². The van der Waals surface area contributed by atoms with Gasteiger partial charge in [-0.2, -0.15) is 0 Å². The van der Waals surface area contributed by atoms with Crippen molar-refractivity contribution >= 4 is 12.0 Å². The van der Waals surface area contributed by atoms with Crippen molar-refractivity contribution in [2.75, 3.05) is 7.11 Å². The molecule has 114 valence electrons. The fraction of sp³-hybridized carbons (Fsp3) is 0.500. The largest absolute Gasteiger partial charge is 0.481 e. The van der Waals surface area contributed by atoms with Gasteiger partial charge in [0.05, 0.1) is 13.5 Å². The number of carbonyl (C=O) groups is 2. The molecule has 0 spiro atoms. The van der Waals surface area contributed by atoms with Crippen molar-refractivity contribution in [3.63, 3.8) is 0 Å². The Morgan fingerprint density at radius 3 is 2.90 bits per heavy atom. The number of nitrogens with one attached hydrogen (secondary N) is 2. The minimum Gasteiger partial charge on any atom is -0.481 e. The number of pyridine rings is 1. The summed E-state index contributed by atoms with van der Waals surface area (Å²) >= 11 is 0. The molecular weight excluding hydrogens is 274 g/mol. The summed E-state index contributed by atoms with van der Waals surface area (Å²) in [5, 5.41) is 14.3. The van der Waals surface area contributed by atoms with Crippen LogP contribution in [0.4, 0.5) is 4.79 Å². The van der Waals surface area contributed by atoms with E-state index in [9.17, 15) is 9.59 Å². The van der Waals surface area contributed by atoms with E-state index in [2.05, 4.69) is 15.6 Å². The number of carboxylic acid groups (broad SMARTS) is 1. The van der Waals surface area contributed by atoms with Crippen LogP contribution in [0, 0.1) is 5.92 Å². The molecule has 7 nitrogen and oxygen atoms in total. The molecule has 0 aromatic carbocycles. The SMILES string of the molecule is COc1cc(CNC(=O)NC(CC(=O)O)C2CC2)ccn1. The molecule has 0 aliphatic heterocycles. The van der Waals surface area contributed by atoms with Gasteiger partial charge in [0, 0.05) is 24.8 Å².